The molecule has 90 valence electrons. The largest absolute Gasteiger partial charge is 0.484 e. The van der Waals surface area contributed by atoms with Gasteiger partial charge in [0.25, 0.3) is 0 Å². The van der Waals surface area contributed by atoms with Crippen LogP contribution < -0.4 is 4.74 Å². The molecule has 2 heterocycles. The molecule has 17 heavy (non-hydrogen) atoms. The Bertz CT molecular complexity index is 469. The average Bonchev–Trinajstić information content (AvgIpc) is 2.77. The molecule has 0 bridgehead atoms. The minimum absolute atomic E-state index is 0.406. The van der Waals surface area contributed by atoms with E-state index in [1.165, 1.54) is 0 Å². The molecule has 0 aromatic carbocycles. The predicted octanol–water partition coefficient (Wildman–Crippen LogP) is 2.42. The molecule has 0 amide bonds. The molecule has 0 saturated heterocycles. The Morgan fingerprint density at radius 1 is 1.35 bits per heavy atom. The fourth-order valence-electron chi connectivity index (χ4n) is 1.39. The Labute approximate surface area is 108 Å². The first-order chi connectivity index (χ1) is 8.29. The monoisotopic (exact) mass is 296 g/mol. The van der Waals surface area contributed by atoms with Gasteiger partial charge in [-0.3, -0.25) is 0 Å². The standard InChI is InChI=1S/C11H13BrN4O/c1-2-5-16-11(14-8-15-16)7-17-9-3-4-10(12)13-6-9/h3-4,6,8H,2,5,7H2,1H3. The van der Waals surface area contributed by atoms with Crippen molar-refractivity contribution >= 4 is 15.9 Å². The predicted molar refractivity (Wildman–Crippen MR) is 66.6 cm³/mol. The van der Waals surface area contributed by atoms with Gasteiger partial charge in [-0.15, -0.1) is 0 Å². The molecule has 5 nitrogen and oxygen atoms in total. The van der Waals surface area contributed by atoms with E-state index in [2.05, 4.69) is 37.9 Å². The van der Waals surface area contributed by atoms with Crippen molar-refractivity contribution in [3.63, 3.8) is 0 Å². The topological polar surface area (TPSA) is 52.8 Å². The fraction of sp³-hybridized carbons (Fsp3) is 0.364. The molecule has 0 radical (unpaired) electrons. The third kappa shape index (κ3) is 3.26. The molecule has 0 aliphatic carbocycles. The van der Waals surface area contributed by atoms with Crippen molar-refractivity contribution < 1.29 is 4.74 Å². The molecule has 0 spiro atoms. The van der Waals surface area contributed by atoms with Gasteiger partial charge in [-0.2, -0.15) is 5.10 Å². The molecule has 6 heteroatoms. The zero-order valence-electron chi connectivity index (χ0n) is 9.51. The second-order valence-corrected chi connectivity index (χ2v) is 4.32. The highest BCUT2D eigenvalue weighted by atomic mass is 79.9. The van der Waals surface area contributed by atoms with Crippen molar-refractivity contribution in [1.82, 2.24) is 19.7 Å². The van der Waals surface area contributed by atoms with E-state index in [4.69, 9.17) is 4.74 Å². The van der Waals surface area contributed by atoms with Gasteiger partial charge in [0.1, 0.15) is 23.3 Å². The summed E-state index contributed by atoms with van der Waals surface area (Å²) in [7, 11) is 0. The maximum absolute atomic E-state index is 5.59. The molecule has 2 aromatic rings. The number of ether oxygens (including phenoxy) is 1. The van der Waals surface area contributed by atoms with E-state index in [9.17, 15) is 0 Å². The SMILES string of the molecule is CCCn1ncnc1COc1ccc(Br)nc1. The van der Waals surface area contributed by atoms with Gasteiger partial charge in [0, 0.05) is 6.54 Å². The van der Waals surface area contributed by atoms with Gasteiger partial charge in [0.15, 0.2) is 5.82 Å². The van der Waals surface area contributed by atoms with Gasteiger partial charge in [-0.05, 0) is 34.5 Å². The van der Waals surface area contributed by atoms with Crippen LogP contribution in [0.1, 0.15) is 19.2 Å². The lowest BCUT2D eigenvalue weighted by molar-refractivity contribution is 0.285. The molecule has 0 N–H and O–H groups in total. The molecule has 0 saturated carbocycles. The van der Waals surface area contributed by atoms with Crippen LogP contribution in [0.3, 0.4) is 0 Å². The highest BCUT2D eigenvalue weighted by molar-refractivity contribution is 9.10. The van der Waals surface area contributed by atoms with Crippen LogP contribution in [0.25, 0.3) is 0 Å². The van der Waals surface area contributed by atoms with Gasteiger partial charge in [0.05, 0.1) is 6.20 Å². The zero-order valence-corrected chi connectivity index (χ0v) is 11.1. The molecule has 0 aliphatic heterocycles. The number of hydrogen-bond acceptors (Lipinski definition) is 4. The van der Waals surface area contributed by atoms with Crippen molar-refractivity contribution in [1.29, 1.82) is 0 Å². The van der Waals surface area contributed by atoms with Crippen molar-refractivity contribution in [2.75, 3.05) is 0 Å². The average molecular weight is 297 g/mol. The second-order valence-electron chi connectivity index (χ2n) is 3.50. The van der Waals surface area contributed by atoms with Crippen LogP contribution in [0.4, 0.5) is 0 Å². The first-order valence-corrected chi connectivity index (χ1v) is 6.20. The molecule has 0 aliphatic rings. The highest BCUT2D eigenvalue weighted by Crippen LogP contribution is 2.13. The van der Waals surface area contributed by atoms with E-state index < -0.39 is 0 Å². The van der Waals surface area contributed by atoms with Crippen molar-refractivity contribution in [2.24, 2.45) is 0 Å². The molecular weight excluding hydrogens is 284 g/mol. The lowest BCUT2D eigenvalue weighted by Crippen LogP contribution is -2.08. The van der Waals surface area contributed by atoms with Crippen molar-refractivity contribution in [3.8, 4) is 5.75 Å². The summed E-state index contributed by atoms with van der Waals surface area (Å²) in [6.07, 6.45) is 4.25. The Balaban J connectivity index is 1.97. The van der Waals surface area contributed by atoms with E-state index in [-0.39, 0.29) is 0 Å². The van der Waals surface area contributed by atoms with Crippen LogP contribution in [-0.2, 0) is 13.2 Å². The van der Waals surface area contributed by atoms with Crippen LogP contribution >= 0.6 is 15.9 Å². The Morgan fingerprint density at radius 3 is 2.94 bits per heavy atom. The van der Waals surface area contributed by atoms with Crippen LogP contribution in [-0.4, -0.2) is 19.7 Å². The van der Waals surface area contributed by atoms with Gasteiger partial charge < -0.3 is 4.74 Å². The molecular formula is C11H13BrN4O. The van der Waals surface area contributed by atoms with E-state index in [1.54, 1.807) is 12.5 Å². The zero-order chi connectivity index (χ0) is 12.1. The van der Waals surface area contributed by atoms with Crippen molar-refractivity contribution in [2.45, 2.75) is 26.5 Å². The fourth-order valence-corrected chi connectivity index (χ4v) is 1.63. The summed E-state index contributed by atoms with van der Waals surface area (Å²) in [5.74, 6) is 1.55. The summed E-state index contributed by atoms with van der Waals surface area (Å²) >= 11 is 3.27. The van der Waals surface area contributed by atoms with Gasteiger partial charge >= 0.3 is 0 Å². The van der Waals surface area contributed by atoms with Crippen LogP contribution in [0.15, 0.2) is 29.3 Å². The Hall–Kier alpha value is -1.43. The minimum atomic E-state index is 0.406. The summed E-state index contributed by atoms with van der Waals surface area (Å²) in [5, 5.41) is 4.13. The molecule has 2 aromatic heterocycles. The quantitative estimate of drug-likeness (QED) is 0.795. The van der Waals surface area contributed by atoms with E-state index in [0.717, 1.165) is 29.1 Å². The number of hydrogen-bond donors (Lipinski definition) is 0. The number of nitrogens with zero attached hydrogens (tertiary/aromatic N) is 4. The summed E-state index contributed by atoms with van der Waals surface area (Å²) in [5.41, 5.74) is 0. The minimum Gasteiger partial charge on any atom is -0.484 e. The number of halogens is 1. The number of aryl methyl sites for hydroxylation is 1. The third-order valence-corrected chi connectivity index (χ3v) is 2.67. The normalized spacial score (nSPS) is 10.5. The molecule has 0 unspecified atom stereocenters. The van der Waals surface area contributed by atoms with Gasteiger partial charge in [-0.25, -0.2) is 14.6 Å². The highest BCUT2D eigenvalue weighted by Gasteiger charge is 2.04. The maximum atomic E-state index is 5.59. The molecule has 0 fully saturated rings. The first kappa shape index (κ1) is 12.0. The van der Waals surface area contributed by atoms with E-state index in [0.29, 0.717) is 6.61 Å². The Kier molecular flexibility index (Phi) is 4.08. The molecule has 0 atom stereocenters. The maximum Gasteiger partial charge on any atom is 0.164 e. The summed E-state index contributed by atoms with van der Waals surface area (Å²) in [6, 6.07) is 3.70. The van der Waals surface area contributed by atoms with E-state index >= 15 is 0 Å². The van der Waals surface area contributed by atoms with Crippen LogP contribution in [0, 0.1) is 0 Å². The van der Waals surface area contributed by atoms with Crippen LogP contribution in [0.2, 0.25) is 0 Å². The number of aromatic nitrogens is 4. The lowest BCUT2D eigenvalue weighted by atomic mass is 10.4. The second kappa shape index (κ2) is 5.77. The Morgan fingerprint density at radius 2 is 2.24 bits per heavy atom. The summed E-state index contributed by atoms with van der Waals surface area (Å²) in [6.45, 7) is 3.37. The third-order valence-electron chi connectivity index (χ3n) is 2.20. The van der Waals surface area contributed by atoms with Gasteiger partial charge in [-0.1, -0.05) is 6.92 Å². The van der Waals surface area contributed by atoms with Crippen molar-refractivity contribution in [3.05, 3.63) is 35.1 Å². The summed E-state index contributed by atoms with van der Waals surface area (Å²) < 4.78 is 8.23. The smallest absolute Gasteiger partial charge is 0.164 e. The number of rotatable bonds is 5. The van der Waals surface area contributed by atoms with Crippen LogP contribution in [0.5, 0.6) is 5.75 Å². The number of pyridine rings is 1. The first-order valence-electron chi connectivity index (χ1n) is 5.40. The van der Waals surface area contributed by atoms with E-state index in [1.807, 2.05) is 16.8 Å². The summed E-state index contributed by atoms with van der Waals surface area (Å²) in [4.78, 5) is 8.25. The lowest BCUT2D eigenvalue weighted by Gasteiger charge is -2.06. The van der Waals surface area contributed by atoms with Gasteiger partial charge in [0.2, 0.25) is 0 Å². The molecule has 2 rings (SSSR count).